The van der Waals surface area contributed by atoms with Gasteiger partial charge in [-0.1, -0.05) is 32.9 Å². The zero-order chi connectivity index (χ0) is 15.6. The number of aromatic nitrogens is 2. The van der Waals surface area contributed by atoms with Gasteiger partial charge in [-0.05, 0) is 19.1 Å². The van der Waals surface area contributed by atoms with Gasteiger partial charge in [0.2, 0.25) is 0 Å². The molecule has 21 heavy (non-hydrogen) atoms. The molecule has 2 rings (SSSR count). The minimum Gasteiger partial charge on any atom is -0.383 e. The number of nitrogens with two attached hydrogens (primary N) is 1. The van der Waals surface area contributed by atoms with Gasteiger partial charge in [0, 0.05) is 11.0 Å². The molecule has 0 saturated heterocycles. The third-order valence-corrected chi connectivity index (χ3v) is 3.15. The van der Waals surface area contributed by atoms with Gasteiger partial charge in [0.05, 0.1) is 11.3 Å². The van der Waals surface area contributed by atoms with E-state index in [1.807, 2.05) is 45.9 Å². The third kappa shape index (κ3) is 3.11. The maximum absolute atomic E-state index is 9.16. The van der Waals surface area contributed by atoms with E-state index >= 15 is 0 Å². The summed E-state index contributed by atoms with van der Waals surface area (Å²) in [5, 5.41) is 12.3. The first-order chi connectivity index (χ1) is 9.82. The van der Waals surface area contributed by atoms with Gasteiger partial charge in [0.25, 0.3) is 0 Å². The van der Waals surface area contributed by atoms with Gasteiger partial charge in [0.15, 0.2) is 0 Å². The van der Waals surface area contributed by atoms with E-state index < -0.39 is 0 Å². The third-order valence-electron chi connectivity index (χ3n) is 3.15. The van der Waals surface area contributed by atoms with Crippen LogP contribution in [-0.4, -0.2) is 9.97 Å². The molecule has 5 nitrogen and oxygen atoms in total. The van der Waals surface area contributed by atoms with Crippen molar-refractivity contribution in [2.45, 2.75) is 33.1 Å². The fourth-order valence-corrected chi connectivity index (χ4v) is 1.81. The smallest absolute Gasteiger partial charge is 0.139 e. The van der Waals surface area contributed by atoms with Crippen LogP contribution in [0, 0.1) is 18.3 Å². The molecule has 0 fully saturated rings. The average molecular weight is 281 g/mol. The fraction of sp³-hybridized carbons (Fsp3) is 0.312. The number of hydrogen-bond acceptors (Lipinski definition) is 5. The first-order valence-electron chi connectivity index (χ1n) is 6.73. The first-order valence-corrected chi connectivity index (χ1v) is 6.73. The summed E-state index contributed by atoms with van der Waals surface area (Å²) in [7, 11) is 0. The maximum atomic E-state index is 9.16. The topological polar surface area (TPSA) is 87.6 Å². The standard InChI is InChI=1S/C16H19N5/c1-10-13(18)20-15(16(2,3)4)21-14(10)19-12-8-6-5-7-11(12)9-17/h5-8H,1-4H3,(H3,18,19,20,21). The van der Waals surface area contributed by atoms with E-state index in [0.717, 1.165) is 5.56 Å². The van der Waals surface area contributed by atoms with Crippen LogP contribution in [0.5, 0.6) is 0 Å². The van der Waals surface area contributed by atoms with Crippen molar-refractivity contribution in [2.24, 2.45) is 0 Å². The van der Waals surface area contributed by atoms with Crippen molar-refractivity contribution in [1.29, 1.82) is 5.26 Å². The van der Waals surface area contributed by atoms with E-state index in [2.05, 4.69) is 21.4 Å². The molecule has 0 spiro atoms. The van der Waals surface area contributed by atoms with Crippen LogP contribution in [-0.2, 0) is 5.41 Å². The molecule has 3 N–H and O–H groups in total. The predicted molar refractivity (Wildman–Crippen MR) is 84.3 cm³/mol. The molecule has 1 heterocycles. The lowest BCUT2D eigenvalue weighted by Crippen LogP contribution is -2.19. The molecule has 0 saturated carbocycles. The number of nitrogens with zero attached hydrogens (tertiary/aromatic N) is 3. The van der Waals surface area contributed by atoms with Crippen LogP contribution in [0.25, 0.3) is 0 Å². The van der Waals surface area contributed by atoms with Crippen LogP contribution < -0.4 is 11.1 Å². The number of hydrogen-bond donors (Lipinski definition) is 2. The van der Waals surface area contributed by atoms with Gasteiger partial charge in [-0.2, -0.15) is 5.26 Å². The summed E-state index contributed by atoms with van der Waals surface area (Å²) in [5.41, 5.74) is 7.83. The number of nitrogen functional groups attached to an aromatic ring is 1. The first kappa shape index (κ1) is 14.8. The van der Waals surface area contributed by atoms with Crippen LogP contribution in [0.4, 0.5) is 17.3 Å². The van der Waals surface area contributed by atoms with Crippen LogP contribution >= 0.6 is 0 Å². The Morgan fingerprint density at radius 1 is 1.19 bits per heavy atom. The highest BCUT2D eigenvalue weighted by atomic mass is 15.1. The normalized spacial score (nSPS) is 11.0. The summed E-state index contributed by atoms with van der Waals surface area (Å²) in [5.74, 6) is 1.75. The second kappa shape index (κ2) is 5.41. The zero-order valence-electron chi connectivity index (χ0n) is 12.7. The summed E-state index contributed by atoms with van der Waals surface area (Å²) in [6.45, 7) is 7.96. The van der Waals surface area contributed by atoms with Crippen LogP contribution in [0.2, 0.25) is 0 Å². The second-order valence-corrected chi connectivity index (χ2v) is 5.94. The Morgan fingerprint density at radius 3 is 2.48 bits per heavy atom. The highest BCUT2D eigenvalue weighted by molar-refractivity contribution is 5.68. The molecule has 0 aliphatic rings. The SMILES string of the molecule is Cc1c(N)nc(C(C)(C)C)nc1Nc1ccccc1C#N. The van der Waals surface area contributed by atoms with Crippen LogP contribution in [0.15, 0.2) is 24.3 Å². The summed E-state index contributed by atoms with van der Waals surface area (Å²) in [6, 6.07) is 9.45. The van der Waals surface area contributed by atoms with Gasteiger partial charge in [-0.15, -0.1) is 0 Å². The van der Waals surface area contributed by atoms with Gasteiger partial charge in [-0.3, -0.25) is 0 Å². The number of nitriles is 1. The second-order valence-electron chi connectivity index (χ2n) is 5.94. The summed E-state index contributed by atoms with van der Waals surface area (Å²) < 4.78 is 0. The van der Waals surface area contributed by atoms with E-state index in [4.69, 9.17) is 11.0 Å². The lowest BCUT2D eigenvalue weighted by Gasteiger charge is -2.20. The summed E-state index contributed by atoms with van der Waals surface area (Å²) in [6.07, 6.45) is 0. The van der Waals surface area contributed by atoms with E-state index in [1.54, 1.807) is 6.07 Å². The molecule has 1 aromatic heterocycles. The van der Waals surface area contributed by atoms with E-state index in [0.29, 0.717) is 28.7 Å². The molecule has 0 unspecified atom stereocenters. The average Bonchev–Trinajstić information content (AvgIpc) is 2.43. The molecule has 0 atom stereocenters. The molecule has 0 aliphatic carbocycles. The lowest BCUT2D eigenvalue weighted by molar-refractivity contribution is 0.546. The Labute approximate surface area is 124 Å². The van der Waals surface area contributed by atoms with Gasteiger partial charge < -0.3 is 11.1 Å². The van der Waals surface area contributed by atoms with Gasteiger partial charge in [0.1, 0.15) is 23.5 Å². The molecule has 108 valence electrons. The number of benzene rings is 1. The largest absolute Gasteiger partial charge is 0.383 e. The molecule has 1 aromatic carbocycles. The van der Waals surface area contributed by atoms with Gasteiger partial charge in [-0.25, -0.2) is 9.97 Å². The maximum Gasteiger partial charge on any atom is 0.139 e. The van der Waals surface area contributed by atoms with Crippen molar-refractivity contribution >= 4 is 17.3 Å². The number of anilines is 3. The molecule has 0 aliphatic heterocycles. The Hall–Kier alpha value is -2.61. The summed E-state index contributed by atoms with van der Waals surface area (Å²) in [4.78, 5) is 8.91. The van der Waals surface area contributed by atoms with Crippen LogP contribution in [0.1, 0.15) is 37.7 Å². The molecule has 0 radical (unpaired) electrons. The number of rotatable bonds is 2. The zero-order valence-corrected chi connectivity index (χ0v) is 12.7. The quantitative estimate of drug-likeness (QED) is 0.882. The molecule has 0 bridgehead atoms. The fourth-order valence-electron chi connectivity index (χ4n) is 1.81. The minimum atomic E-state index is -0.201. The Morgan fingerprint density at radius 2 is 1.86 bits per heavy atom. The van der Waals surface area contributed by atoms with Gasteiger partial charge >= 0.3 is 0 Å². The van der Waals surface area contributed by atoms with Crippen molar-refractivity contribution < 1.29 is 0 Å². The molecule has 2 aromatic rings. The van der Waals surface area contributed by atoms with Crippen LogP contribution in [0.3, 0.4) is 0 Å². The van der Waals surface area contributed by atoms with E-state index in [9.17, 15) is 0 Å². The molecule has 0 amide bonds. The predicted octanol–water partition coefficient (Wildman–Crippen LogP) is 3.28. The highest BCUT2D eigenvalue weighted by Gasteiger charge is 2.20. The Balaban J connectivity index is 2.50. The molecular weight excluding hydrogens is 262 g/mol. The van der Waals surface area contributed by atoms with Crippen molar-refractivity contribution in [3.63, 3.8) is 0 Å². The highest BCUT2D eigenvalue weighted by Crippen LogP contribution is 2.27. The van der Waals surface area contributed by atoms with Crippen molar-refractivity contribution in [2.75, 3.05) is 11.1 Å². The molecular formula is C16H19N5. The van der Waals surface area contributed by atoms with Crippen molar-refractivity contribution in [3.8, 4) is 6.07 Å². The minimum absolute atomic E-state index is 0.201. The number of nitrogens with one attached hydrogen (secondary N) is 1. The van der Waals surface area contributed by atoms with Crippen molar-refractivity contribution in [3.05, 3.63) is 41.2 Å². The van der Waals surface area contributed by atoms with E-state index in [-0.39, 0.29) is 5.41 Å². The summed E-state index contributed by atoms with van der Waals surface area (Å²) >= 11 is 0. The Bertz CT molecular complexity index is 708. The van der Waals surface area contributed by atoms with Crippen molar-refractivity contribution in [1.82, 2.24) is 9.97 Å². The monoisotopic (exact) mass is 281 g/mol. The lowest BCUT2D eigenvalue weighted by atomic mass is 9.95. The van der Waals surface area contributed by atoms with E-state index in [1.165, 1.54) is 0 Å². The number of para-hydroxylation sites is 1. The Kier molecular flexibility index (Phi) is 3.81. The molecule has 5 heteroatoms.